The normalized spacial score (nSPS) is 17.1. The fourth-order valence-corrected chi connectivity index (χ4v) is 3.92. The van der Waals surface area contributed by atoms with Crippen molar-refractivity contribution in [2.24, 2.45) is 0 Å². The minimum Gasteiger partial charge on any atom is -0.379 e. The highest BCUT2D eigenvalue weighted by Crippen LogP contribution is 2.31. The number of rotatable bonds is 4. The van der Waals surface area contributed by atoms with Crippen molar-refractivity contribution in [3.05, 3.63) is 34.2 Å². The average Bonchev–Trinajstić information content (AvgIpc) is 2.84. The van der Waals surface area contributed by atoms with Gasteiger partial charge in [0.15, 0.2) is 0 Å². The molecule has 2 aromatic rings. The van der Waals surface area contributed by atoms with E-state index in [-0.39, 0.29) is 0 Å². The summed E-state index contributed by atoms with van der Waals surface area (Å²) in [6.45, 7) is 5.11. The van der Waals surface area contributed by atoms with E-state index < -0.39 is 0 Å². The predicted octanol–water partition coefficient (Wildman–Crippen LogP) is 3.82. The second-order valence-corrected chi connectivity index (χ2v) is 6.50. The number of halogens is 1. The minimum atomic E-state index is 0.869. The van der Waals surface area contributed by atoms with E-state index in [1.165, 1.54) is 27.9 Å². The SMILES string of the molecule is Clc1cccc2sc(CCCN3CCOCC3)cc12. The van der Waals surface area contributed by atoms with Crippen LogP contribution in [-0.4, -0.2) is 37.7 Å². The quantitative estimate of drug-likeness (QED) is 0.850. The molecule has 0 unspecified atom stereocenters. The molecule has 1 fully saturated rings. The lowest BCUT2D eigenvalue weighted by molar-refractivity contribution is 0.0375. The number of nitrogens with zero attached hydrogens (tertiary/aromatic N) is 1. The summed E-state index contributed by atoms with van der Waals surface area (Å²) in [5.41, 5.74) is 0. The molecule has 3 rings (SSSR count). The Balaban J connectivity index is 1.57. The maximum atomic E-state index is 6.21. The summed E-state index contributed by atoms with van der Waals surface area (Å²) < 4.78 is 6.66. The Morgan fingerprint density at radius 2 is 2.11 bits per heavy atom. The van der Waals surface area contributed by atoms with E-state index >= 15 is 0 Å². The highest BCUT2D eigenvalue weighted by atomic mass is 35.5. The van der Waals surface area contributed by atoms with Gasteiger partial charge < -0.3 is 4.74 Å². The molecule has 0 saturated carbocycles. The van der Waals surface area contributed by atoms with Gasteiger partial charge in [0.05, 0.1) is 13.2 Å². The van der Waals surface area contributed by atoms with Crippen molar-refractivity contribution in [2.45, 2.75) is 12.8 Å². The van der Waals surface area contributed by atoms with Gasteiger partial charge in [-0.3, -0.25) is 4.90 Å². The summed E-state index contributed by atoms with van der Waals surface area (Å²) >= 11 is 8.08. The largest absolute Gasteiger partial charge is 0.379 e. The molecule has 1 aromatic carbocycles. The van der Waals surface area contributed by atoms with Crippen LogP contribution in [0.5, 0.6) is 0 Å². The van der Waals surface area contributed by atoms with Crippen LogP contribution in [0.2, 0.25) is 5.02 Å². The molecule has 1 aromatic heterocycles. The molecule has 0 spiro atoms. The number of ether oxygens (including phenoxy) is 1. The van der Waals surface area contributed by atoms with Crippen molar-refractivity contribution in [3.8, 4) is 0 Å². The molecule has 0 aliphatic carbocycles. The van der Waals surface area contributed by atoms with Crippen LogP contribution < -0.4 is 0 Å². The Hall–Kier alpha value is -0.610. The van der Waals surface area contributed by atoms with Crippen molar-refractivity contribution in [1.29, 1.82) is 0 Å². The lowest BCUT2D eigenvalue weighted by Crippen LogP contribution is -2.36. The predicted molar refractivity (Wildman–Crippen MR) is 82.4 cm³/mol. The van der Waals surface area contributed by atoms with E-state index in [9.17, 15) is 0 Å². The number of morpholine rings is 1. The van der Waals surface area contributed by atoms with Gasteiger partial charge >= 0.3 is 0 Å². The van der Waals surface area contributed by atoms with Crippen LogP contribution in [0.15, 0.2) is 24.3 Å². The third-order valence-electron chi connectivity index (χ3n) is 3.56. The Morgan fingerprint density at radius 3 is 2.89 bits per heavy atom. The number of thiophene rings is 1. The van der Waals surface area contributed by atoms with E-state index in [1.807, 2.05) is 23.5 Å². The van der Waals surface area contributed by atoms with Gasteiger partial charge in [-0.1, -0.05) is 17.7 Å². The van der Waals surface area contributed by atoms with Crippen molar-refractivity contribution < 1.29 is 4.74 Å². The van der Waals surface area contributed by atoms with E-state index in [2.05, 4.69) is 17.0 Å². The van der Waals surface area contributed by atoms with Gasteiger partial charge in [-0.05, 0) is 37.6 Å². The first kappa shape index (κ1) is 13.4. The third-order valence-corrected chi connectivity index (χ3v) is 5.05. The number of benzene rings is 1. The Labute approximate surface area is 122 Å². The number of fused-ring (bicyclic) bond motifs is 1. The highest BCUT2D eigenvalue weighted by molar-refractivity contribution is 7.19. The molecule has 0 amide bonds. The second kappa shape index (κ2) is 6.23. The number of hydrogen-bond donors (Lipinski definition) is 0. The monoisotopic (exact) mass is 295 g/mol. The van der Waals surface area contributed by atoms with Crippen LogP contribution in [0.1, 0.15) is 11.3 Å². The van der Waals surface area contributed by atoms with E-state index in [0.29, 0.717) is 0 Å². The second-order valence-electron chi connectivity index (χ2n) is 4.92. The van der Waals surface area contributed by atoms with Gasteiger partial charge in [0, 0.05) is 33.1 Å². The first-order valence-electron chi connectivity index (χ1n) is 6.80. The molecule has 0 radical (unpaired) electrons. The molecular formula is C15H18ClNOS. The van der Waals surface area contributed by atoms with Crippen LogP contribution in [0.25, 0.3) is 10.1 Å². The summed E-state index contributed by atoms with van der Waals surface area (Å²) in [7, 11) is 0. The van der Waals surface area contributed by atoms with Crippen LogP contribution in [-0.2, 0) is 11.2 Å². The van der Waals surface area contributed by atoms with Crippen LogP contribution in [0.4, 0.5) is 0 Å². The maximum Gasteiger partial charge on any atom is 0.0594 e. The van der Waals surface area contributed by atoms with Crippen molar-refractivity contribution in [3.63, 3.8) is 0 Å². The third kappa shape index (κ3) is 3.29. The molecule has 0 atom stereocenters. The fraction of sp³-hybridized carbons (Fsp3) is 0.467. The van der Waals surface area contributed by atoms with Gasteiger partial charge in [0.1, 0.15) is 0 Å². The first-order chi connectivity index (χ1) is 9.33. The standard InChI is InChI=1S/C15H18ClNOS/c16-14-4-1-5-15-13(14)11-12(19-15)3-2-6-17-7-9-18-10-8-17/h1,4-5,11H,2-3,6-10H2. The molecule has 1 saturated heterocycles. The molecule has 2 heterocycles. The van der Waals surface area contributed by atoms with Gasteiger partial charge in [-0.25, -0.2) is 0 Å². The van der Waals surface area contributed by atoms with Crippen LogP contribution >= 0.6 is 22.9 Å². The Kier molecular flexibility index (Phi) is 4.38. The van der Waals surface area contributed by atoms with Gasteiger partial charge in [-0.15, -0.1) is 11.3 Å². The summed E-state index contributed by atoms with van der Waals surface area (Å²) in [6.07, 6.45) is 2.36. The Morgan fingerprint density at radius 1 is 1.26 bits per heavy atom. The molecule has 19 heavy (non-hydrogen) atoms. The molecule has 4 heteroatoms. The minimum absolute atomic E-state index is 0.869. The van der Waals surface area contributed by atoms with E-state index in [0.717, 1.165) is 37.7 Å². The zero-order chi connectivity index (χ0) is 13.1. The fourth-order valence-electron chi connectivity index (χ4n) is 2.50. The average molecular weight is 296 g/mol. The van der Waals surface area contributed by atoms with Crippen molar-refractivity contribution >= 4 is 33.0 Å². The van der Waals surface area contributed by atoms with Crippen molar-refractivity contribution in [2.75, 3.05) is 32.8 Å². The van der Waals surface area contributed by atoms with Gasteiger partial charge in [0.2, 0.25) is 0 Å². The summed E-state index contributed by atoms with van der Waals surface area (Å²) in [6, 6.07) is 8.39. The zero-order valence-corrected chi connectivity index (χ0v) is 12.5. The van der Waals surface area contributed by atoms with Gasteiger partial charge in [0.25, 0.3) is 0 Å². The molecular weight excluding hydrogens is 278 g/mol. The van der Waals surface area contributed by atoms with Gasteiger partial charge in [-0.2, -0.15) is 0 Å². The summed E-state index contributed by atoms with van der Waals surface area (Å²) in [4.78, 5) is 3.93. The molecule has 2 nitrogen and oxygen atoms in total. The lowest BCUT2D eigenvalue weighted by Gasteiger charge is -2.26. The van der Waals surface area contributed by atoms with Crippen molar-refractivity contribution in [1.82, 2.24) is 4.90 Å². The topological polar surface area (TPSA) is 12.5 Å². The first-order valence-corrected chi connectivity index (χ1v) is 7.99. The van der Waals surface area contributed by atoms with Crippen LogP contribution in [0.3, 0.4) is 0 Å². The van der Waals surface area contributed by atoms with E-state index in [4.69, 9.17) is 16.3 Å². The smallest absolute Gasteiger partial charge is 0.0594 e. The van der Waals surface area contributed by atoms with Crippen LogP contribution in [0, 0.1) is 0 Å². The molecule has 1 aliphatic rings. The molecule has 0 N–H and O–H groups in total. The molecule has 1 aliphatic heterocycles. The molecule has 102 valence electrons. The summed E-state index contributed by atoms with van der Waals surface area (Å²) in [5.74, 6) is 0. The lowest BCUT2D eigenvalue weighted by atomic mass is 10.2. The zero-order valence-electron chi connectivity index (χ0n) is 10.9. The Bertz CT molecular complexity index is 548. The number of aryl methyl sites for hydroxylation is 1. The molecule has 0 bridgehead atoms. The maximum absolute atomic E-state index is 6.21. The number of hydrogen-bond acceptors (Lipinski definition) is 3. The summed E-state index contributed by atoms with van der Waals surface area (Å²) in [5, 5.41) is 2.07. The van der Waals surface area contributed by atoms with E-state index in [1.54, 1.807) is 0 Å². The highest BCUT2D eigenvalue weighted by Gasteiger charge is 2.10.